The second-order valence-electron chi connectivity index (χ2n) is 14.8. The Morgan fingerprint density at radius 1 is 0.960 bits per heavy atom. The Labute approximate surface area is 292 Å². The lowest BCUT2D eigenvalue weighted by Gasteiger charge is -2.35. The lowest BCUT2D eigenvalue weighted by Crippen LogP contribution is -2.59. The Morgan fingerprint density at radius 3 is 2.04 bits per heavy atom. The molecule has 2 aromatic carbocycles. The van der Waals surface area contributed by atoms with Gasteiger partial charge in [0.05, 0.1) is 6.04 Å². The second-order valence-corrected chi connectivity index (χ2v) is 14.8. The molecule has 3 fully saturated rings. The fraction of sp³-hybridized carbons (Fsp3) is 0.474. The van der Waals surface area contributed by atoms with E-state index in [1.54, 1.807) is 4.80 Å². The van der Waals surface area contributed by atoms with E-state index in [9.17, 15) is 24.3 Å². The second kappa shape index (κ2) is 14.1. The first-order valence-electron chi connectivity index (χ1n) is 17.4. The molecule has 264 valence electrons. The van der Waals surface area contributed by atoms with Crippen molar-refractivity contribution in [3.05, 3.63) is 73.3 Å². The third-order valence-corrected chi connectivity index (χ3v) is 10.1. The first-order chi connectivity index (χ1) is 23.9. The first kappa shape index (κ1) is 34.8. The number of hydrogen-bond acceptors (Lipinski definition) is 7. The number of benzene rings is 2. The van der Waals surface area contributed by atoms with Gasteiger partial charge in [-0.15, -0.1) is 6.58 Å². The van der Waals surface area contributed by atoms with Crippen LogP contribution in [0, 0.1) is 11.3 Å². The number of carbonyl (C=O) groups excluding carboxylic acids is 3. The van der Waals surface area contributed by atoms with Crippen LogP contribution in [0.1, 0.15) is 71.8 Å². The van der Waals surface area contributed by atoms with Gasteiger partial charge in [-0.3, -0.25) is 9.59 Å². The van der Waals surface area contributed by atoms with Gasteiger partial charge in [0.1, 0.15) is 35.1 Å². The summed E-state index contributed by atoms with van der Waals surface area (Å²) in [5.74, 6) is -2.65. The normalized spacial score (nSPS) is 24.2. The molecule has 2 aliphatic carbocycles. The molecule has 12 heteroatoms. The van der Waals surface area contributed by atoms with Crippen molar-refractivity contribution in [2.45, 2.75) is 95.5 Å². The monoisotopic (exact) mass is 682 g/mol. The summed E-state index contributed by atoms with van der Waals surface area (Å²) in [6, 6.07) is 16.7. The predicted octanol–water partition coefficient (Wildman–Crippen LogP) is 5.37. The van der Waals surface area contributed by atoms with E-state index in [4.69, 9.17) is 14.9 Å². The summed E-state index contributed by atoms with van der Waals surface area (Å²) >= 11 is 0. The Morgan fingerprint density at radius 2 is 1.54 bits per heavy atom. The Hall–Kier alpha value is -5.00. The highest BCUT2D eigenvalue weighted by Gasteiger charge is 2.61. The molecule has 2 heterocycles. The highest BCUT2D eigenvalue weighted by Crippen LogP contribution is 2.45. The lowest BCUT2D eigenvalue weighted by atomic mass is 9.85. The van der Waals surface area contributed by atoms with Crippen LogP contribution in [0.15, 0.2) is 73.3 Å². The maximum absolute atomic E-state index is 14.6. The molecular formula is C38H46N6O6. The van der Waals surface area contributed by atoms with Crippen LogP contribution in [0.3, 0.4) is 0 Å². The molecule has 3 aliphatic rings. The Kier molecular flexibility index (Phi) is 9.82. The molecule has 3 amide bonds. The smallest absolute Gasteiger partial charge is 0.408 e. The van der Waals surface area contributed by atoms with E-state index in [2.05, 4.69) is 17.2 Å². The largest absolute Gasteiger partial charge is 0.479 e. The molecule has 5 unspecified atom stereocenters. The molecule has 0 bridgehead atoms. The van der Waals surface area contributed by atoms with Crippen LogP contribution in [0.2, 0.25) is 0 Å². The fourth-order valence-corrected chi connectivity index (χ4v) is 7.16. The summed E-state index contributed by atoms with van der Waals surface area (Å²) in [4.78, 5) is 57.1. The minimum absolute atomic E-state index is 0.0605. The van der Waals surface area contributed by atoms with Crippen LogP contribution in [-0.2, 0) is 19.1 Å². The lowest BCUT2D eigenvalue weighted by molar-refractivity contribution is -0.146. The number of nitrogens with one attached hydrogen (secondary N) is 2. The van der Waals surface area contributed by atoms with Crippen molar-refractivity contribution in [2.24, 2.45) is 11.3 Å². The maximum atomic E-state index is 14.6. The van der Waals surface area contributed by atoms with Crippen molar-refractivity contribution < 1.29 is 29.0 Å². The standard InChI is InChI=1S/C38H46N6O6/c1-5-26-22-38(26,35(47)48)40-33(45)29-21-27(44-41-30(24-15-9-6-10-16-24)31(42-44)25-17-11-7-12-18-25)23-43(29)34(46)32(37(2,3)4)39-36(49)50-28-19-13-8-14-20-28/h5-7,9-12,15-18,26-29,32H,1,8,13-14,19-23H2,2-4H3,(H,39,49)(H,40,45)(H,47,48). The molecule has 1 aromatic heterocycles. The molecule has 0 radical (unpaired) electrons. The van der Waals surface area contributed by atoms with Gasteiger partial charge in [0.25, 0.3) is 0 Å². The molecule has 3 N–H and O–H groups in total. The molecule has 1 saturated heterocycles. The van der Waals surface area contributed by atoms with Crippen molar-refractivity contribution in [1.29, 1.82) is 0 Å². The van der Waals surface area contributed by atoms with Gasteiger partial charge < -0.3 is 25.4 Å². The van der Waals surface area contributed by atoms with Crippen LogP contribution in [-0.4, -0.2) is 79.1 Å². The van der Waals surface area contributed by atoms with Crippen LogP contribution in [0.4, 0.5) is 4.79 Å². The number of nitrogens with zero attached hydrogens (tertiary/aromatic N) is 4. The van der Waals surface area contributed by atoms with Crippen molar-refractivity contribution in [3.63, 3.8) is 0 Å². The van der Waals surface area contributed by atoms with Gasteiger partial charge in [-0.05, 0) is 37.5 Å². The zero-order chi connectivity index (χ0) is 35.6. The molecule has 5 atom stereocenters. The molecule has 50 heavy (non-hydrogen) atoms. The third kappa shape index (κ3) is 7.15. The highest BCUT2D eigenvalue weighted by atomic mass is 16.6. The quantitative estimate of drug-likeness (QED) is 0.241. The summed E-state index contributed by atoms with van der Waals surface area (Å²) in [6.07, 6.45) is 5.61. The van der Waals surface area contributed by atoms with Crippen LogP contribution < -0.4 is 10.6 Å². The molecule has 0 spiro atoms. The van der Waals surface area contributed by atoms with E-state index in [-0.39, 0.29) is 25.5 Å². The molecule has 1 aliphatic heterocycles. The van der Waals surface area contributed by atoms with Gasteiger partial charge in [-0.1, -0.05) is 93.9 Å². The predicted molar refractivity (Wildman–Crippen MR) is 187 cm³/mol. The van der Waals surface area contributed by atoms with Gasteiger partial charge in [-0.2, -0.15) is 15.0 Å². The number of carboxylic acids is 1. The number of carbonyl (C=O) groups is 4. The highest BCUT2D eigenvalue weighted by molar-refractivity contribution is 5.96. The van der Waals surface area contributed by atoms with Crippen molar-refractivity contribution in [1.82, 2.24) is 30.5 Å². The molecule has 2 saturated carbocycles. The summed E-state index contributed by atoms with van der Waals surface area (Å²) in [5.41, 5.74) is 0.789. The van der Waals surface area contributed by atoms with Gasteiger partial charge in [0.15, 0.2) is 0 Å². The van der Waals surface area contributed by atoms with Gasteiger partial charge in [0.2, 0.25) is 11.8 Å². The summed E-state index contributed by atoms with van der Waals surface area (Å²) < 4.78 is 5.72. The van der Waals surface area contributed by atoms with E-state index < -0.39 is 58.9 Å². The fourth-order valence-electron chi connectivity index (χ4n) is 7.16. The summed E-state index contributed by atoms with van der Waals surface area (Å²) in [6.45, 7) is 9.30. The van der Waals surface area contributed by atoms with E-state index in [1.807, 2.05) is 81.4 Å². The number of alkyl carbamates (subject to hydrolysis) is 1. The van der Waals surface area contributed by atoms with Gasteiger partial charge in [0, 0.05) is 30.0 Å². The Balaban J connectivity index is 1.33. The van der Waals surface area contributed by atoms with Crippen molar-refractivity contribution in [3.8, 4) is 22.5 Å². The number of hydrogen-bond donors (Lipinski definition) is 3. The number of rotatable bonds is 10. The zero-order valence-electron chi connectivity index (χ0n) is 28.9. The maximum Gasteiger partial charge on any atom is 0.408 e. The molecule has 12 nitrogen and oxygen atoms in total. The number of likely N-dealkylation sites (tertiary alicyclic amines) is 1. The van der Waals surface area contributed by atoms with E-state index in [0.29, 0.717) is 11.4 Å². The van der Waals surface area contributed by atoms with Crippen LogP contribution >= 0.6 is 0 Å². The minimum Gasteiger partial charge on any atom is -0.479 e. The average Bonchev–Trinajstić information content (AvgIpc) is 3.40. The third-order valence-electron chi connectivity index (χ3n) is 10.1. The number of aromatic nitrogens is 3. The summed E-state index contributed by atoms with van der Waals surface area (Å²) in [5, 5.41) is 25.4. The molecular weight excluding hydrogens is 636 g/mol. The minimum atomic E-state index is -1.48. The zero-order valence-corrected chi connectivity index (χ0v) is 28.9. The van der Waals surface area contributed by atoms with Crippen LogP contribution in [0.5, 0.6) is 0 Å². The van der Waals surface area contributed by atoms with E-state index >= 15 is 0 Å². The first-order valence-corrected chi connectivity index (χ1v) is 17.4. The van der Waals surface area contributed by atoms with Gasteiger partial charge in [-0.25, -0.2) is 9.59 Å². The number of aliphatic carboxylic acids is 1. The average molecular weight is 683 g/mol. The SMILES string of the molecule is C=CC1CC1(NC(=O)C1CC(n2nc(-c3ccccc3)c(-c3ccccc3)n2)CN1C(=O)C(NC(=O)OC1CCCCC1)C(C)(C)C)C(=O)O. The Bertz CT molecular complexity index is 1670. The number of amides is 3. The molecule has 3 aromatic rings. The van der Waals surface area contributed by atoms with E-state index in [0.717, 1.165) is 43.2 Å². The topological polar surface area (TPSA) is 156 Å². The van der Waals surface area contributed by atoms with Crippen molar-refractivity contribution >= 4 is 23.9 Å². The number of ether oxygens (including phenoxy) is 1. The summed E-state index contributed by atoms with van der Waals surface area (Å²) in [7, 11) is 0. The molecule has 6 rings (SSSR count). The van der Waals surface area contributed by atoms with Gasteiger partial charge >= 0.3 is 12.1 Å². The number of carboxylic acid groups (broad SMARTS) is 1. The van der Waals surface area contributed by atoms with Crippen LogP contribution in [0.25, 0.3) is 22.5 Å². The van der Waals surface area contributed by atoms with Crippen molar-refractivity contribution in [2.75, 3.05) is 6.54 Å². The van der Waals surface area contributed by atoms with E-state index in [1.165, 1.54) is 11.0 Å².